The van der Waals surface area contributed by atoms with Crippen molar-refractivity contribution < 1.29 is 9.21 Å². The largest absolute Gasteiger partial charge is 0.468 e. The maximum Gasteiger partial charge on any atom is 0.234 e. The van der Waals surface area contributed by atoms with Gasteiger partial charge in [0.1, 0.15) is 5.76 Å². The molecule has 0 saturated heterocycles. The average Bonchev–Trinajstić information content (AvgIpc) is 3.15. The molecule has 0 aliphatic carbocycles. The van der Waals surface area contributed by atoms with Gasteiger partial charge in [-0.25, -0.2) is 0 Å². The zero-order valence-corrected chi connectivity index (χ0v) is 15.0. The molecule has 134 valence electrons. The van der Waals surface area contributed by atoms with Crippen molar-refractivity contribution in [2.24, 2.45) is 0 Å². The second kappa shape index (κ2) is 9.02. The molecule has 0 bridgehead atoms. The lowest BCUT2D eigenvalue weighted by molar-refractivity contribution is -0.122. The fourth-order valence-electron chi connectivity index (χ4n) is 3.00. The third-order valence-electron chi connectivity index (χ3n) is 4.24. The van der Waals surface area contributed by atoms with Crippen LogP contribution in [-0.2, 0) is 17.8 Å². The van der Waals surface area contributed by atoms with Gasteiger partial charge in [0, 0.05) is 0 Å². The predicted molar refractivity (Wildman–Crippen MR) is 103 cm³/mol. The minimum Gasteiger partial charge on any atom is -0.468 e. The summed E-state index contributed by atoms with van der Waals surface area (Å²) in [6, 6.07) is 24.0. The fraction of sp³-hybridized carbons (Fsp3) is 0.227. The Labute approximate surface area is 154 Å². The van der Waals surface area contributed by atoms with Crippen LogP contribution in [0.2, 0.25) is 0 Å². The molecule has 3 aromatic rings. The van der Waals surface area contributed by atoms with Crippen LogP contribution in [-0.4, -0.2) is 24.4 Å². The van der Waals surface area contributed by atoms with Gasteiger partial charge in [0.05, 0.1) is 25.4 Å². The minimum atomic E-state index is -0.0527. The molecule has 1 amide bonds. The van der Waals surface area contributed by atoms with Crippen LogP contribution >= 0.6 is 0 Å². The van der Waals surface area contributed by atoms with Crippen LogP contribution in [0, 0.1) is 0 Å². The predicted octanol–water partition coefficient (Wildman–Crippen LogP) is 3.81. The number of nitrogens with one attached hydrogen (secondary N) is 1. The first-order chi connectivity index (χ1) is 12.7. The van der Waals surface area contributed by atoms with E-state index in [-0.39, 0.29) is 11.9 Å². The Kier molecular flexibility index (Phi) is 6.23. The Morgan fingerprint density at radius 1 is 1.00 bits per heavy atom. The normalized spacial score (nSPS) is 12.1. The molecule has 1 N–H and O–H groups in total. The molecule has 1 unspecified atom stereocenters. The van der Waals surface area contributed by atoms with E-state index >= 15 is 0 Å². The molecule has 1 heterocycles. The fourth-order valence-corrected chi connectivity index (χ4v) is 3.00. The second-order valence-electron chi connectivity index (χ2n) is 6.47. The number of hydrogen-bond acceptors (Lipinski definition) is 3. The first-order valence-corrected chi connectivity index (χ1v) is 8.80. The topological polar surface area (TPSA) is 45.5 Å². The number of amides is 1. The van der Waals surface area contributed by atoms with E-state index in [0.717, 1.165) is 17.7 Å². The van der Waals surface area contributed by atoms with Gasteiger partial charge in [-0.05, 0) is 36.7 Å². The van der Waals surface area contributed by atoms with Gasteiger partial charge in [0.2, 0.25) is 5.91 Å². The molecule has 0 spiro atoms. The maximum absolute atomic E-state index is 12.6. The van der Waals surface area contributed by atoms with Crippen molar-refractivity contribution in [1.82, 2.24) is 10.2 Å². The zero-order chi connectivity index (χ0) is 18.2. The Morgan fingerprint density at radius 2 is 1.69 bits per heavy atom. The van der Waals surface area contributed by atoms with Crippen molar-refractivity contribution in [3.8, 4) is 0 Å². The van der Waals surface area contributed by atoms with Crippen LogP contribution < -0.4 is 5.32 Å². The third-order valence-corrected chi connectivity index (χ3v) is 4.24. The van der Waals surface area contributed by atoms with Gasteiger partial charge in [-0.1, -0.05) is 60.7 Å². The van der Waals surface area contributed by atoms with E-state index in [1.807, 2.05) is 60.5 Å². The number of nitrogens with zero attached hydrogens (tertiary/aromatic N) is 1. The Balaban J connectivity index is 1.64. The maximum atomic E-state index is 12.6. The summed E-state index contributed by atoms with van der Waals surface area (Å²) < 4.78 is 5.34. The van der Waals surface area contributed by atoms with E-state index in [1.165, 1.54) is 5.56 Å². The number of benzene rings is 2. The lowest BCUT2D eigenvalue weighted by atomic mass is 9.99. The standard InChI is InChI=1S/C22H24N2O2/c1-24(16-20-13-8-14-26-20)17-22(25)23-21(19-11-6-3-7-12-19)15-18-9-4-2-5-10-18/h2-14,21H,15-17H2,1H3,(H,23,25). The number of furan rings is 1. The van der Waals surface area contributed by atoms with E-state index in [0.29, 0.717) is 13.1 Å². The molecule has 0 saturated carbocycles. The molecule has 0 fully saturated rings. The van der Waals surface area contributed by atoms with Gasteiger partial charge in [-0.15, -0.1) is 0 Å². The average molecular weight is 348 g/mol. The number of hydrogen-bond donors (Lipinski definition) is 1. The van der Waals surface area contributed by atoms with Crippen molar-refractivity contribution in [2.75, 3.05) is 13.6 Å². The van der Waals surface area contributed by atoms with E-state index in [9.17, 15) is 4.79 Å². The third kappa shape index (κ3) is 5.33. The van der Waals surface area contributed by atoms with Crippen molar-refractivity contribution in [2.45, 2.75) is 19.0 Å². The van der Waals surface area contributed by atoms with Crippen LogP contribution in [0.1, 0.15) is 22.9 Å². The molecule has 1 atom stereocenters. The van der Waals surface area contributed by atoms with Crippen molar-refractivity contribution in [3.63, 3.8) is 0 Å². The number of carbonyl (C=O) groups is 1. The lowest BCUT2D eigenvalue weighted by Gasteiger charge is -2.22. The summed E-state index contributed by atoms with van der Waals surface area (Å²) in [6.07, 6.45) is 2.41. The molecule has 3 rings (SSSR count). The number of carbonyl (C=O) groups excluding carboxylic acids is 1. The summed E-state index contributed by atoms with van der Waals surface area (Å²) in [5, 5.41) is 3.18. The van der Waals surface area contributed by atoms with Gasteiger partial charge in [-0.2, -0.15) is 0 Å². The highest BCUT2D eigenvalue weighted by atomic mass is 16.3. The zero-order valence-electron chi connectivity index (χ0n) is 15.0. The van der Waals surface area contributed by atoms with Crippen LogP contribution in [0.15, 0.2) is 83.5 Å². The molecule has 0 aliphatic heterocycles. The van der Waals surface area contributed by atoms with Crippen molar-refractivity contribution in [3.05, 3.63) is 95.9 Å². The lowest BCUT2D eigenvalue weighted by Crippen LogP contribution is -2.37. The molecule has 4 heteroatoms. The summed E-state index contributed by atoms with van der Waals surface area (Å²) in [4.78, 5) is 14.5. The molecular formula is C22H24N2O2. The summed E-state index contributed by atoms with van der Waals surface area (Å²) >= 11 is 0. The molecule has 4 nitrogen and oxygen atoms in total. The monoisotopic (exact) mass is 348 g/mol. The van der Waals surface area contributed by atoms with E-state index < -0.39 is 0 Å². The van der Waals surface area contributed by atoms with Crippen molar-refractivity contribution >= 4 is 5.91 Å². The molecule has 1 aromatic heterocycles. The molecule has 2 aromatic carbocycles. The second-order valence-corrected chi connectivity index (χ2v) is 6.47. The molecule has 0 radical (unpaired) electrons. The first kappa shape index (κ1) is 18.0. The van der Waals surface area contributed by atoms with Crippen LogP contribution in [0.5, 0.6) is 0 Å². The highest BCUT2D eigenvalue weighted by Gasteiger charge is 2.16. The van der Waals surface area contributed by atoms with Crippen LogP contribution in [0.3, 0.4) is 0 Å². The Hall–Kier alpha value is -2.85. The van der Waals surface area contributed by atoms with Gasteiger partial charge < -0.3 is 9.73 Å². The quantitative estimate of drug-likeness (QED) is 0.673. The first-order valence-electron chi connectivity index (χ1n) is 8.80. The van der Waals surface area contributed by atoms with Gasteiger partial charge in [-0.3, -0.25) is 9.69 Å². The van der Waals surface area contributed by atoms with E-state index in [4.69, 9.17) is 4.42 Å². The number of rotatable bonds is 8. The highest BCUT2D eigenvalue weighted by molar-refractivity contribution is 5.78. The Bertz CT molecular complexity index is 786. The minimum absolute atomic E-state index is 0.00356. The molecule has 26 heavy (non-hydrogen) atoms. The summed E-state index contributed by atoms with van der Waals surface area (Å²) in [7, 11) is 1.91. The summed E-state index contributed by atoms with van der Waals surface area (Å²) in [5.41, 5.74) is 2.31. The van der Waals surface area contributed by atoms with Gasteiger partial charge in [0.15, 0.2) is 0 Å². The Morgan fingerprint density at radius 3 is 2.35 bits per heavy atom. The molecule has 0 aliphatic rings. The SMILES string of the molecule is CN(CC(=O)NC(Cc1ccccc1)c1ccccc1)Cc1ccco1. The smallest absolute Gasteiger partial charge is 0.234 e. The summed E-state index contributed by atoms with van der Waals surface area (Å²) in [6.45, 7) is 0.925. The van der Waals surface area contributed by atoms with Crippen molar-refractivity contribution in [1.29, 1.82) is 0 Å². The number of likely N-dealkylation sites (N-methyl/N-ethyl adjacent to an activating group) is 1. The van der Waals surface area contributed by atoms with Gasteiger partial charge in [0.25, 0.3) is 0 Å². The van der Waals surface area contributed by atoms with Crippen LogP contribution in [0.25, 0.3) is 0 Å². The highest BCUT2D eigenvalue weighted by Crippen LogP contribution is 2.18. The van der Waals surface area contributed by atoms with E-state index in [1.54, 1.807) is 6.26 Å². The summed E-state index contributed by atoms with van der Waals surface area (Å²) in [5.74, 6) is 0.855. The van der Waals surface area contributed by atoms with Gasteiger partial charge >= 0.3 is 0 Å². The molecular weight excluding hydrogens is 324 g/mol. The van der Waals surface area contributed by atoms with E-state index in [2.05, 4.69) is 29.6 Å². The van der Waals surface area contributed by atoms with Crippen LogP contribution in [0.4, 0.5) is 0 Å².